The monoisotopic (exact) mass is 465 g/mol. The zero-order valence-electron chi connectivity index (χ0n) is 16.8. The van der Waals surface area contributed by atoms with Crippen molar-refractivity contribution in [2.24, 2.45) is 0 Å². The molecule has 0 unspecified atom stereocenters. The van der Waals surface area contributed by atoms with Gasteiger partial charge in [-0.05, 0) is 13.8 Å². The molecule has 0 aromatic rings. The second-order valence-corrected chi connectivity index (χ2v) is 6.22. The van der Waals surface area contributed by atoms with E-state index in [-0.39, 0.29) is 97.5 Å². The van der Waals surface area contributed by atoms with Crippen LogP contribution in [0.15, 0.2) is 0 Å². The summed E-state index contributed by atoms with van der Waals surface area (Å²) in [6.45, 7) is 1.44. The summed E-state index contributed by atoms with van der Waals surface area (Å²) in [6, 6.07) is 0. The van der Waals surface area contributed by atoms with Gasteiger partial charge in [-0.15, -0.1) is 0 Å². The summed E-state index contributed by atoms with van der Waals surface area (Å²) in [5.74, 6) is -4.65. The maximum atomic E-state index is 11.4. The van der Waals surface area contributed by atoms with Crippen molar-refractivity contribution in [2.45, 2.75) is 13.8 Å². The number of ketones is 2. The Balaban J connectivity index is -0.00000338. The van der Waals surface area contributed by atoms with Gasteiger partial charge in [0.25, 0.3) is 0 Å². The van der Waals surface area contributed by atoms with Gasteiger partial charge in [-0.1, -0.05) is 0 Å². The molecule has 11 nitrogen and oxygen atoms in total. The van der Waals surface area contributed by atoms with E-state index in [1.807, 2.05) is 0 Å². The summed E-state index contributed by atoms with van der Waals surface area (Å²) in [4.78, 5) is 58.9. The third-order valence-electron chi connectivity index (χ3n) is 3.42. The summed E-state index contributed by atoms with van der Waals surface area (Å²) < 4.78 is 0. The molecule has 160 valence electrons. The van der Waals surface area contributed by atoms with Crippen LogP contribution in [0.1, 0.15) is 13.8 Å². The van der Waals surface area contributed by atoms with Gasteiger partial charge >= 0.3 is 46.6 Å². The molecular weight excluding hydrogens is 441 g/mol. The summed E-state index contributed by atoms with van der Waals surface area (Å²) >= 11 is 0. The average Bonchev–Trinajstić information content (AvgIpc) is 2.46. The van der Waals surface area contributed by atoms with Gasteiger partial charge in [0.15, 0.2) is 0 Å². The SMILES string of the molecule is CC(=O)CN(CCN(CC(C)=O)CC(=O)[O-])CCN(CC(=O)[O-])CC(=O)[O-].[Fe+2].[Na+]. The topological polar surface area (TPSA) is 164 Å². The molecule has 0 N–H and O–H groups in total. The molecule has 0 saturated heterocycles. The van der Waals surface area contributed by atoms with E-state index >= 15 is 0 Å². The number of nitrogens with zero attached hydrogens (tertiary/aromatic N) is 3. The van der Waals surface area contributed by atoms with Crippen molar-refractivity contribution >= 4 is 29.5 Å². The number of Topliss-reactive ketones (excluding diaryl/α,β-unsaturated/α-hetero) is 2. The largest absolute Gasteiger partial charge is 2.00 e. The van der Waals surface area contributed by atoms with Crippen molar-refractivity contribution in [3.8, 4) is 0 Å². The van der Waals surface area contributed by atoms with Crippen LogP contribution in [0.2, 0.25) is 0 Å². The Morgan fingerprint density at radius 2 is 0.793 bits per heavy atom. The standard InChI is InChI=1S/C16H27N3O8.Fe.Na/c1-12(20)7-17(3-5-18(8-13(2)21)9-14(22)23)4-6-19(10-15(24)25)11-16(26)27;;/h3-11H2,1-2H3,(H,22,23)(H,24,25)(H,26,27);;/q;+2;+1/p-3. The Bertz CT molecular complexity index is 492. The molecule has 0 bridgehead atoms. The molecule has 13 heteroatoms. The quantitative estimate of drug-likeness (QED) is 0.199. The molecule has 0 aromatic heterocycles. The molecule has 0 fully saturated rings. The van der Waals surface area contributed by atoms with Crippen molar-refractivity contribution in [1.82, 2.24) is 14.7 Å². The van der Waals surface area contributed by atoms with Gasteiger partial charge in [-0.3, -0.25) is 24.3 Å². The predicted octanol–water partition coefficient (Wildman–Crippen LogP) is -8.68. The molecule has 0 aliphatic carbocycles. The van der Waals surface area contributed by atoms with Crippen LogP contribution >= 0.6 is 0 Å². The van der Waals surface area contributed by atoms with Crippen LogP contribution in [0, 0.1) is 0 Å². The molecule has 0 saturated carbocycles. The first-order valence-corrected chi connectivity index (χ1v) is 8.25. The minimum atomic E-state index is -1.45. The minimum Gasteiger partial charge on any atom is -0.549 e. The van der Waals surface area contributed by atoms with E-state index in [2.05, 4.69) is 0 Å². The maximum absolute atomic E-state index is 11.4. The number of carboxylic acid groups (broad SMARTS) is 3. The fourth-order valence-corrected chi connectivity index (χ4v) is 2.44. The molecule has 0 amide bonds. The molecule has 0 radical (unpaired) electrons. The van der Waals surface area contributed by atoms with E-state index in [0.29, 0.717) is 0 Å². The molecule has 0 heterocycles. The summed E-state index contributed by atoms with van der Waals surface area (Å²) in [7, 11) is 0. The Hall–Kier alpha value is -0.851. The van der Waals surface area contributed by atoms with Gasteiger partial charge < -0.3 is 29.7 Å². The van der Waals surface area contributed by atoms with E-state index in [0.717, 1.165) is 4.90 Å². The molecule has 0 atom stereocenters. The zero-order chi connectivity index (χ0) is 21.0. The Morgan fingerprint density at radius 1 is 0.552 bits per heavy atom. The van der Waals surface area contributed by atoms with Crippen molar-refractivity contribution < 1.29 is 85.9 Å². The fourth-order valence-electron chi connectivity index (χ4n) is 2.44. The number of carbonyl (C=O) groups excluding carboxylic acids is 5. The Labute approximate surface area is 202 Å². The van der Waals surface area contributed by atoms with Crippen LogP contribution in [0.5, 0.6) is 0 Å². The van der Waals surface area contributed by atoms with E-state index in [1.165, 1.54) is 18.7 Å². The summed E-state index contributed by atoms with van der Waals surface area (Å²) in [6.07, 6.45) is 0. The van der Waals surface area contributed by atoms with Gasteiger partial charge in [0.05, 0.1) is 31.0 Å². The van der Waals surface area contributed by atoms with Crippen LogP contribution in [0.25, 0.3) is 0 Å². The van der Waals surface area contributed by atoms with Gasteiger partial charge in [0.2, 0.25) is 0 Å². The predicted molar refractivity (Wildman–Crippen MR) is 85.7 cm³/mol. The molecule has 0 aliphatic rings. The molecule has 29 heavy (non-hydrogen) atoms. The van der Waals surface area contributed by atoms with Gasteiger partial charge in [-0.2, -0.15) is 0 Å². The maximum Gasteiger partial charge on any atom is 2.00 e. The van der Waals surface area contributed by atoms with Gasteiger partial charge in [0.1, 0.15) is 11.6 Å². The van der Waals surface area contributed by atoms with Gasteiger partial charge in [0, 0.05) is 45.8 Å². The van der Waals surface area contributed by atoms with Crippen LogP contribution in [0.4, 0.5) is 0 Å². The number of rotatable bonds is 16. The second kappa shape index (κ2) is 18.0. The molecule has 0 rings (SSSR count). The fraction of sp³-hybridized carbons (Fsp3) is 0.688. The Morgan fingerprint density at radius 3 is 1.07 bits per heavy atom. The van der Waals surface area contributed by atoms with Crippen LogP contribution in [-0.4, -0.2) is 103 Å². The van der Waals surface area contributed by atoms with Crippen LogP contribution < -0.4 is 44.9 Å². The summed E-state index contributed by atoms with van der Waals surface area (Å²) in [5.41, 5.74) is 0. The number of hydrogen-bond acceptors (Lipinski definition) is 11. The first kappa shape index (κ1) is 32.8. The van der Waals surface area contributed by atoms with Crippen molar-refractivity contribution in [3.05, 3.63) is 0 Å². The second-order valence-electron chi connectivity index (χ2n) is 6.22. The number of carbonyl (C=O) groups is 5. The van der Waals surface area contributed by atoms with Crippen LogP contribution in [-0.2, 0) is 41.0 Å². The van der Waals surface area contributed by atoms with Crippen molar-refractivity contribution in [2.75, 3.05) is 58.9 Å². The summed E-state index contributed by atoms with van der Waals surface area (Å²) in [5, 5.41) is 32.2. The first-order chi connectivity index (χ1) is 12.5. The zero-order valence-corrected chi connectivity index (χ0v) is 19.9. The Kier molecular flexibility index (Phi) is 20.3. The van der Waals surface area contributed by atoms with Gasteiger partial charge in [-0.25, -0.2) is 0 Å². The number of carboxylic acids is 3. The number of aliphatic carboxylic acids is 3. The third-order valence-corrected chi connectivity index (χ3v) is 3.42. The smallest absolute Gasteiger partial charge is 0.549 e. The van der Waals surface area contributed by atoms with E-state index in [1.54, 1.807) is 4.90 Å². The molecule has 0 aromatic carbocycles. The first-order valence-electron chi connectivity index (χ1n) is 8.25. The molecule has 0 spiro atoms. The normalized spacial score (nSPS) is 10.4. The molecule has 0 aliphatic heterocycles. The third kappa shape index (κ3) is 20.2. The molecular formula is C16H24FeN3NaO8. The van der Waals surface area contributed by atoms with Crippen molar-refractivity contribution in [3.63, 3.8) is 0 Å². The number of hydrogen-bond donors (Lipinski definition) is 0. The van der Waals surface area contributed by atoms with Crippen molar-refractivity contribution in [1.29, 1.82) is 0 Å². The van der Waals surface area contributed by atoms with E-state index < -0.39 is 37.5 Å². The van der Waals surface area contributed by atoms with E-state index in [9.17, 15) is 39.3 Å². The van der Waals surface area contributed by atoms with E-state index in [4.69, 9.17) is 0 Å². The van der Waals surface area contributed by atoms with Crippen LogP contribution in [0.3, 0.4) is 0 Å². The minimum absolute atomic E-state index is 0. The average molecular weight is 465 g/mol.